The van der Waals surface area contributed by atoms with Crippen molar-refractivity contribution in [3.8, 4) is 11.5 Å². The third-order valence-corrected chi connectivity index (χ3v) is 5.73. The topological polar surface area (TPSA) is 85.8 Å². The lowest BCUT2D eigenvalue weighted by molar-refractivity contribution is 0.102. The van der Waals surface area contributed by atoms with Crippen molar-refractivity contribution in [3.63, 3.8) is 0 Å². The fraction of sp³-hybridized carbons (Fsp3) is 0.100. The second kappa shape index (κ2) is 6.68. The van der Waals surface area contributed by atoms with Crippen LogP contribution < -0.4 is 5.32 Å². The number of amides is 1. The van der Waals surface area contributed by atoms with Gasteiger partial charge >= 0.3 is 0 Å². The Balaban J connectivity index is 1.61. The minimum absolute atomic E-state index is 0.286. The molecule has 4 aromatic heterocycles. The number of nitrogens with one attached hydrogen (secondary N) is 1. The van der Waals surface area contributed by atoms with Crippen LogP contribution in [-0.4, -0.2) is 25.7 Å². The standard InChI is InChI=1S/C20H14ClN5O2S/c1-10-17-12(9-14(15-4-3-7-28-15)22-18(17)26(2)25-10)19(27)24-20-23-13-6-5-11(21)8-16(13)29-20/h3-9H,1-2H3,(H,23,24,27). The van der Waals surface area contributed by atoms with Gasteiger partial charge in [0.1, 0.15) is 5.69 Å². The third-order valence-electron chi connectivity index (χ3n) is 4.56. The molecule has 1 aromatic carbocycles. The van der Waals surface area contributed by atoms with Crippen molar-refractivity contribution in [1.82, 2.24) is 19.7 Å². The lowest BCUT2D eigenvalue weighted by Crippen LogP contribution is -2.13. The molecule has 0 spiro atoms. The Hall–Kier alpha value is -3.23. The van der Waals surface area contributed by atoms with Crippen LogP contribution >= 0.6 is 22.9 Å². The van der Waals surface area contributed by atoms with Gasteiger partial charge in [0.25, 0.3) is 5.91 Å². The van der Waals surface area contributed by atoms with Crippen molar-refractivity contribution in [3.05, 3.63) is 58.9 Å². The smallest absolute Gasteiger partial charge is 0.258 e. The molecule has 7 nitrogen and oxygen atoms in total. The average molecular weight is 424 g/mol. The number of aromatic nitrogens is 4. The number of anilines is 1. The Bertz CT molecular complexity index is 1390. The average Bonchev–Trinajstić information content (AvgIpc) is 3.41. The van der Waals surface area contributed by atoms with Gasteiger partial charge in [-0.3, -0.25) is 14.8 Å². The molecule has 0 radical (unpaired) electrons. The van der Waals surface area contributed by atoms with Gasteiger partial charge in [-0.15, -0.1) is 0 Å². The van der Waals surface area contributed by atoms with E-state index in [2.05, 4.69) is 20.4 Å². The Kier molecular flexibility index (Phi) is 4.11. The molecule has 0 fully saturated rings. The summed E-state index contributed by atoms with van der Waals surface area (Å²) in [6.07, 6.45) is 1.57. The molecule has 1 N–H and O–H groups in total. The van der Waals surface area contributed by atoms with E-state index >= 15 is 0 Å². The molecule has 0 saturated heterocycles. The SMILES string of the molecule is Cc1nn(C)c2nc(-c3ccco3)cc(C(=O)Nc3nc4ccc(Cl)cc4s3)c12. The van der Waals surface area contributed by atoms with Crippen LogP contribution in [0.3, 0.4) is 0 Å². The maximum absolute atomic E-state index is 13.2. The van der Waals surface area contributed by atoms with Crippen LogP contribution in [0.15, 0.2) is 47.1 Å². The van der Waals surface area contributed by atoms with Crippen LogP contribution in [0, 0.1) is 6.92 Å². The van der Waals surface area contributed by atoms with Gasteiger partial charge in [0, 0.05) is 12.1 Å². The van der Waals surface area contributed by atoms with Crippen molar-refractivity contribution in [2.24, 2.45) is 7.05 Å². The van der Waals surface area contributed by atoms with Crippen molar-refractivity contribution < 1.29 is 9.21 Å². The van der Waals surface area contributed by atoms with Crippen molar-refractivity contribution >= 4 is 55.2 Å². The van der Waals surface area contributed by atoms with E-state index in [-0.39, 0.29) is 5.91 Å². The summed E-state index contributed by atoms with van der Waals surface area (Å²) in [5.74, 6) is 0.292. The van der Waals surface area contributed by atoms with Gasteiger partial charge < -0.3 is 4.42 Å². The molecular formula is C20H14ClN5O2S. The van der Waals surface area contributed by atoms with Gasteiger partial charge in [-0.2, -0.15) is 5.10 Å². The highest BCUT2D eigenvalue weighted by atomic mass is 35.5. The van der Waals surface area contributed by atoms with E-state index in [4.69, 9.17) is 16.0 Å². The monoisotopic (exact) mass is 423 g/mol. The van der Waals surface area contributed by atoms with Gasteiger partial charge in [-0.05, 0) is 43.3 Å². The number of hydrogen-bond acceptors (Lipinski definition) is 6. The number of halogens is 1. The van der Waals surface area contributed by atoms with E-state index in [1.807, 2.05) is 19.1 Å². The molecule has 0 unspecified atom stereocenters. The molecule has 5 aromatic rings. The van der Waals surface area contributed by atoms with Crippen molar-refractivity contribution in [2.45, 2.75) is 6.92 Å². The number of furan rings is 1. The predicted molar refractivity (Wildman–Crippen MR) is 114 cm³/mol. The number of carbonyl (C=O) groups is 1. The lowest BCUT2D eigenvalue weighted by Gasteiger charge is -2.06. The normalized spacial score (nSPS) is 11.4. The molecule has 144 valence electrons. The number of aryl methyl sites for hydroxylation is 2. The summed E-state index contributed by atoms with van der Waals surface area (Å²) in [5, 5.41) is 9.15. The maximum atomic E-state index is 13.2. The first-order valence-corrected chi connectivity index (χ1v) is 9.95. The molecule has 0 aliphatic carbocycles. The minimum Gasteiger partial charge on any atom is -0.463 e. The summed E-state index contributed by atoms with van der Waals surface area (Å²) in [4.78, 5) is 22.3. The number of pyridine rings is 1. The molecule has 0 saturated carbocycles. The zero-order chi connectivity index (χ0) is 20.1. The minimum atomic E-state index is -0.286. The van der Waals surface area contributed by atoms with E-state index < -0.39 is 0 Å². The van der Waals surface area contributed by atoms with E-state index in [9.17, 15) is 4.79 Å². The first kappa shape index (κ1) is 17.8. The number of nitrogens with zero attached hydrogens (tertiary/aromatic N) is 4. The maximum Gasteiger partial charge on any atom is 0.258 e. The molecule has 0 bridgehead atoms. The van der Waals surface area contributed by atoms with E-state index in [0.717, 1.165) is 15.9 Å². The quantitative estimate of drug-likeness (QED) is 0.438. The van der Waals surface area contributed by atoms with Crippen LogP contribution in [0.4, 0.5) is 5.13 Å². The van der Waals surface area contributed by atoms with Crippen molar-refractivity contribution in [2.75, 3.05) is 5.32 Å². The summed E-state index contributed by atoms with van der Waals surface area (Å²) in [6.45, 7) is 1.85. The van der Waals surface area contributed by atoms with Gasteiger partial charge in [-0.1, -0.05) is 22.9 Å². The summed E-state index contributed by atoms with van der Waals surface area (Å²) in [7, 11) is 1.80. The van der Waals surface area contributed by atoms with Crippen LogP contribution in [0.25, 0.3) is 32.7 Å². The van der Waals surface area contributed by atoms with E-state index in [1.165, 1.54) is 11.3 Å². The number of benzene rings is 1. The predicted octanol–water partition coefficient (Wildman–Crippen LogP) is 5.05. The number of rotatable bonds is 3. The first-order valence-electron chi connectivity index (χ1n) is 8.75. The van der Waals surface area contributed by atoms with Gasteiger partial charge in [0.15, 0.2) is 16.5 Å². The highest BCUT2D eigenvalue weighted by Crippen LogP contribution is 2.31. The summed E-state index contributed by atoms with van der Waals surface area (Å²) in [6, 6.07) is 10.7. The Morgan fingerprint density at radius 2 is 2.10 bits per heavy atom. The van der Waals surface area contributed by atoms with Crippen LogP contribution in [0.5, 0.6) is 0 Å². The first-order chi connectivity index (χ1) is 14.0. The Labute approximate surface area is 173 Å². The molecule has 5 rings (SSSR count). The molecule has 9 heteroatoms. The molecule has 0 aliphatic rings. The van der Waals surface area contributed by atoms with Crippen LogP contribution in [-0.2, 0) is 7.05 Å². The van der Waals surface area contributed by atoms with Crippen LogP contribution in [0.1, 0.15) is 16.1 Å². The molecule has 29 heavy (non-hydrogen) atoms. The summed E-state index contributed by atoms with van der Waals surface area (Å²) in [5.41, 5.74) is 3.14. The number of fused-ring (bicyclic) bond motifs is 2. The highest BCUT2D eigenvalue weighted by molar-refractivity contribution is 7.22. The van der Waals surface area contributed by atoms with Gasteiger partial charge in [0.05, 0.1) is 33.1 Å². The molecule has 1 amide bonds. The third kappa shape index (κ3) is 3.06. The van der Waals surface area contributed by atoms with E-state index in [0.29, 0.717) is 38.2 Å². The fourth-order valence-electron chi connectivity index (χ4n) is 3.29. The zero-order valence-corrected chi connectivity index (χ0v) is 17.0. The Morgan fingerprint density at radius 1 is 1.24 bits per heavy atom. The van der Waals surface area contributed by atoms with Crippen LogP contribution in [0.2, 0.25) is 5.02 Å². The van der Waals surface area contributed by atoms with Gasteiger partial charge in [0.2, 0.25) is 0 Å². The zero-order valence-electron chi connectivity index (χ0n) is 15.4. The van der Waals surface area contributed by atoms with Gasteiger partial charge in [-0.25, -0.2) is 9.97 Å². The highest BCUT2D eigenvalue weighted by Gasteiger charge is 2.21. The fourth-order valence-corrected chi connectivity index (χ4v) is 4.43. The number of carbonyl (C=O) groups excluding carboxylic acids is 1. The second-order valence-electron chi connectivity index (χ2n) is 6.53. The van der Waals surface area contributed by atoms with E-state index in [1.54, 1.807) is 42.3 Å². The largest absolute Gasteiger partial charge is 0.463 e. The summed E-state index contributed by atoms with van der Waals surface area (Å²) < 4.78 is 8.04. The second-order valence-corrected chi connectivity index (χ2v) is 7.99. The molecular weight excluding hydrogens is 410 g/mol. The Morgan fingerprint density at radius 3 is 2.90 bits per heavy atom. The molecule has 0 aliphatic heterocycles. The number of thiazole rings is 1. The molecule has 4 heterocycles. The molecule has 0 atom stereocenters. The summed E-state index contributed by atoms with van der Waals surface area (Å²) >= 11 is 7.42. The number of hydrogen-bond donors (Lipinski definition) is 1. The lowest BCUT2D eigenvalue weighted by atomic mass is 10.1. The van der Waals surface area contributed by atoms with Crippen molar-refractivity contribution in [1.29, 1.82) is 0 Å².